The minimum Gasteiger partial charge on any atom is -0.384 e. The second-order valence-electron chi connectivity index (χ2n) is 5.53. The summed E-state index contributed by atoms with van der Waals surface area (Å²) in [6.07, 6.45) is 3.85. The van der Waals surface area contributed by atoms with Crippen molar-refractivity contribution in [1.29, 1.82) is 0 Å². The lowest BCUT2D eigenvalue weighted by Crippen LogP contribution is -2.46. The smallest absolute Gasteiger partial charge is 0.268 e. The molecule has 22 heavy (non-hydrogen) atoms. The zero-order valence-corrected chi connectivity index (χ0v) is 14.6. The van der Waals surface area contributed by atoms with E-state index in [0.29, 0.717) is 31.8 Å². The number of carbonyl (C=O) groups excluding carboxylic acids is 2. The van der Waals surface area contributed by atoms with Gasteiger partial charge in [0.05, 0.1) is 13.0 Å². The summed E-state index contributed by atoms with van der Waals surface area (Å²) in [5.74, 6) is 0.0513. The van der Waals surface area contributed by atoms with E-state index < -0.39 is 0 Å². The van der Waals surface area contributed by atoms with Crippen LogP contribution in [0.25, 0.3) is 0 Å². The van der Waals surface area contributed by atoms with E-state index in [1.165, 1.54) is 0 Å². The molecule has 0 bridgehead atoms. The molecule has 1 aliphatic heterocycles. The Balaban J connectivity index is 1.81. The number of likely N-dealkylation sites (tertiary alicyclic amines) is 1. The van der Waals surface area contributed by atoms with Gasteiger partial charge in [-0.3, -0.25) is 9.59 Å². The number of methoxy groups -OCH3 is 1. The number of aryl methyl sites for hydroxylation is 1. The number of rotatable bonds is 5. The lowest BCUT2D eigenvalue weighted by molar-refractivity contribution is -0.133. The summed E-state index contributed by atoms with van der Waals surface area (Å²) in [4.78, 5) is 26.0. The normalized spacial score (nSPS) is 15.9. The van der Waals surface area contributed by atoms with E-state index in [2.05, 4.69) is 21.2 Å². The molecule has 0 atom stereocenters. The average molecular weight is 372 g/mol. The van der Waals surface area contributed by atoms with Crippen LogP contribution in [0.15, 0.2) is 16.7 Å². The van der Waals surface area contributed by atoms with Crippen LogP contribution >= 0.6 is 15.9 Å². The van der Waals surface area contributed by atoms with Crippen molar-refractivity contribution in [2.75, 3.05) is 26.8 Å². The Bertz CT molecular complexity index is 536. The molecule has 2 heterocycles. The summed E-state index contributed by atoms with van der Waals surface area (Å²) in [7, 11) is 3.44. The monoisotopic (exact) mass is 371 g/mol. The number of nitrogens with one attached hydrogen (secondary N) is 1. The lowest BCUT2D eigenvalue weighted by atomic mass is 10.0. The van der Waals surface area contributed by atoms with Crippen molar-refractivity contribution in [2.24, 2.45) is 7.05 Å². The highest BCUT2D eigenvalue weighted by Crippen LogP contribution is 2.16. The van der Waals surface area contributed by atoms with Crippen LogP contribution in [0.4, 0.5) is 0 Å². The van der Waals surface area contributed by atoms with Crippen molar-refractivity contribution < 1.29 is 14.3 Å². The standard InChI is InChI=1S/C15H22BrN3O3/c1-18-10-11(16)9-13(18)15(21)17-12-3-6-19(7-4-12)14(20)5-8-22-2/h9-10,12H,3-8H2,1-2H3,(H,17,21). The minimum absolute atomic E-state index is 0.0719. The predicted molar refractivity (Wildman–Crippen MR) is 86.7 cm³/mol. The summed E-state index contributed by atoms with van der Waals surface area (Å²) in [5.41, 5.74) is 0.630. The number of aromatic nitrogens is 1. The Morgan fingerprint density at radius 1 is 1.41 bits per heavy atom. The first-order valence-corrected chi connectivity index (χ1v) is 8.20. The second kappa shape index (κ2) is 7.78. The van der Waals surface area contributed by atoms with Crippen LogP contribution in [0.1, 0.15) is 29.8 Å². The van der Waals surface area contributed by atoms with Gasteiger partial charge in [0.25, 0.3) is 5.91 Å². The zero-order chi connectivity index (χ0) is 16.1. The van der Waals surface area contributed by atoms with Gasteiger partial charge in [0.15, 0.2) is 0 Å². The molecule has 0 saturated carbocycles. The summed E-state index contributed by atoms with van der Waals surface area (Å²) < 4.78 is 7.61. The van der Waals surface area contributed by atoms with Gasteiger partial charge in [-0.15, -0.1) is 0 Å². The number of amides is 2. The van der Waals surface area contributed by atoms with Gasteiger partial charge in [0.2, 0.25) is 5.91 Å². The van der Waals surface area contributed by atoms with Gasteiger partial charge in [-0.05, 0) is 34.8 Å². The van der Waals surface area contributed by atoms with Crippen LogP contribution in [0.3, 0.4) is 0 Å². The highest BCUT2D eigenvalue weighted by atomic mass is 79.9. The average Bonchev–Trinajstić information content (AvgIpc) is 2.84. The van der Waals surface area contributed by atoms with Crippen molar-refractivity contribution in [2.45, 2.75) is 25.3 Å². The molecule has 7 heteroatoms. The van der Waals surface area contributed by atoms with E-state index in [4.69, 9.17) is 4.74 Å². The molecule has 122 valence electrons. The maximum Gasteiger partial charge on any atom is 0.268 e. The predicted octanol–water partition coefficient (Wildman–Crippen LogP) is 1.54. The molecule has 1 aliphatic rings. The van der Waals surface area contributed by atoms with Gasteiger partial charge in [0, 0.05) is 44.0 Å². The Morgan fingerprint density at radius 2 is 2.09 bits per heavy atom. The fourth-order valence-electron chi connectivity index (χ4n) is 2.63. The fourth-order valence-corrected chi connectivity index (χ4v) is 3.15. The molecule has 0 aliphatic carbocycles. The number of nitrogens with zero attached hydrogens (tertiary/aromatic N) is 2. The molecule has 0 radical (unpaired) electrons. The molecule has 1 aromatic heterocycles. The Kier molecular flexibility index (Phi) is 6.02. The zero-order valence-electron chi connectivity index (χ0n) is 13.0. The third-order valence-electron chi connectivity index (χ3n) is 3.91. The number of hydrogen-bond donors (Lipinski definition) is 1. The van der Waals surface area contributed by atoms with Crippen LogP contribution in [0.2, 0.25) is 0 Å². The van der Waals surface area contributed by atoms with Crippen molar-refractivity contribution >= 4 is 27.7 Å². The number of halogens is 1. The molecule has 0 unspecified atom stereocenters. The maximum absolute atomic E-state index is 12.3. The molecule has 6 nitrogen and oxygen atoms in total. The highest BCUT2D eigenvalue weighted by molar-refractivity contribution is 9.10. The van der Waals surface area contributed by atoms with Gasteiger partial charge in [0.1, 0.15) is 5.69 Å². The van der Waals surface area contributed by atoms with Gasteiger partial charge in [-0.25, -0.2) is 0 Å². The van der Waals surface area contributed by atoms with Crippen LogP contribution in [0, 0.1) is 0 Å². The molecule has 2 amide bonds. The number of piperidine rings is 1. The first-order chi connectivity index (χ1) is 10.5. The van der Waals surface area contributed by atoms with Gasteiger partial charge >= 0.3 is 0 Å². The van der Waals surface area contributed by atoms with Crippen LogP contribution in [-0.2, 0) is 16.6 Å². The minimum atomic E-state index is -0.0719. The molecule has 1 saturated heterocycles. The number of carbonyl (C=O) groups is 2. The molecule has 1 N–H and O–H groups in total. The maximum atomic E-state index is 12.3. The van der Waals surface area contributed by atoms with Crippen molar-refractivity contribution in [3.05, 3.63) is 22.4 Å². The van der Waals surface area contributed by atoms with Crippen molar-refractivity contribution in [3.63, 3.8) is 0 Å². The fraction of sp³-hybridized carbons (Fsp3) is 0.600. The molecule has 0 aromatic carbocycles. The Hall–Kier alpha value is -1.34. The molecule has 0 spiro atoms. The lowest BCUT2D eigenvalue weighted by Gasteiger charge is -2.32. The third kappa shape index (κ3) is 4.33. The summed E-state index contributed by atoms with van der Waals surface area (Å²) in [5, 5.41) is 3.05. The topological polar surface area (TPSA) is 63.6 Å². The number of ether oxygens (including phenoxy) is 1. The Morgan fingerprint density at radius 3 is 2.64 bits per heavy atom. The van der Waals surface area contributed by atoms with Gasteiger partial charge < -0.3 is 19.5 Å². The van der Waals surface area contributed by atoms with Crippen molar-refractivity contribution in [3.8, 4) is 0 Å². The highest BCUT2D eigenvalue weighted by Gasteiger charge is 2.24. The van der Waals surface area contributed by atoms with E-state index in [-0.39, 0.29) is 17.9 Å². The summed E-state index contributed by atoms with van der Waals surface area (Å²) in [6.45, 7) is 1.83. The molecular formula is C15H22BrN3O3. The largest absolute Gasteiger partial charge is 0.384 e. The third-order valence-corrected chi connectivity index (χ3v) is 4.34. The van der Waals surface area contributed by atoms with Crippen molar-refractivity contribution in [1.82, 2.24) is 14.8 Å². The molecule has 2 rings (SSSR count). The Labute approximate surface area is 138 Å². The molecular weight excluding hydrogens is 350 g/mol. The summed E-state index contributed by atoms with van der Waals surface area (Å²) >= 11 is 3.37. The van der Waals surface area contributed by atoms with Crippen LogP contribution in [0.5, 0.6) is 0 Å². The molecule has 1 aromatic rings. The second-order valence-corrected chi connectivity index (χ2v) is 6.44. The SMILES string of the molecule is COCCC(=O)N1CCC(NC(=O)c2cc(Br)cn2C)CC1. The van der Waals surface area contributed by atoms with E-state index >= 15 is 0 Å². The van der Waals surface area contributed by atoms with Gasteiger partial charge in [-0.1, -0.05) is 0 Å². The summed E-state index contributed by atoms with van der Waals surface area (Å²) in [6, 6.07) is 1.92. The van der Waals surface area contributed by atoms with Gasteiger partial charge in [-0.2, -0.15) is 0 Å². The van der Waals surface area contributed by atoms with E-state index in [0.717, 1.165) is 17.3 Å². The van der Waals surface area contributed by atoms with Crippen LogP contribution < -0.4 is 5.32 Å². The first-order valence-electron chi connectivity index (χ1n) is 7.40. The first kappa shape index (κ1) is 17.0. The number of hydrogen-bond acceptors (Lipinski definition) is 3. The van der Waals surface area contributed by atoms with E-state index in [1.807, 2.05) is 18.1 Å². The quantitative estimate of drug-likeness (QED) is 0.853. The van der Waals surface area contributed by atoms with Crippen LogP contribution in [-0.4, -0.2) is 54.1 Å². The molecule has 1 fully saturated rings. The van der Waals surface area contributed by atoms with E-state index in [9.17, 15) is 9.59 Å². The van der Waals surface area contributed by atoms with E-state index in [1.54, 1.807) is 17.7 Å².